The first-order chi connectivity index (χ1) is 14.6. The average molecular weight is 415 g/mol. The molecule has 31 heavy (non-hydrogen) atoms. The van der Waals surface area contributed by atoms with Crippen LogP contribution < -0.4 is 9.47 Å². The van der Waals surface area contributed by atoms with Crippen molar-refractivity contribution in [3.05, 3.63) is 82.9 Å². The Hall–Kier alpha value is -2.74. The van der Waals surface area contributed by atoms with Crippen molar-refractivity contribution in [2.75, 3.05) is 6.79 Å². The zero-order chi connectivity index (χ0) is 22.2. The van der Waals surface area contributed by atoms with Gasteiger partial charge in [-0.05, 0) is 70.5 Å². The van der Waals surface area contributed by atoms with E-state index < -0.39 is 0 Å². The molecular weight excluding hydrogens is 380 g/mol. The van der Waals surface area contributed by atoms with E-state index in [2.05, 4.69) is 96.1 Å². The van der Waals surface area contributed by atoms with Crippen LogP contribution in [0.2, 0.25) is 0 Å². The summed E-state index contributed by atoms with van der Waals surface area (Å²) in [6.07, 6.45) is 2.08. The van der Waals surface area contributed by atoms with Crippen LogP contribution in [0.15, 0.2) is 60.7 Å². The van der Waals surface area contributed by atoms with Crippen molar-refractivity contribution in [3.63, 3.8) is 0 Å². The first-order valence-corrected chi connectivity index (χ1v) is 11.2. The lowest BCUT2D eigenvalue weighted by Gasteiger charge is -2.26. The molecule has 1 aliphatic heterocycles. The highest BCUT2D eigenvalue weighted by molar-refractivity contribution is 5.69. The van der Waals surface area contributed by atoms with Gasteiger partial charge in [-0.3, -0.25) is 0 Å². The Morgan fingerprint density at radius 1 is 0.774 bits per heavy atom. The summed E-state index contributed by atoms with van der Waals surface area (Å²) < 4.78 is 11.1. The normalized spacial score (nSPS) is 13.5. The van der Waals surface area contributed by atoms with Crippen LogP contribution in [0.5, 0.6) is 11.5 Å². The number of hydrogen-bond donors (Lipinski definition) is 0. The minimum absolute atomic E-state index is 0.0381. The molecular formula is C29H34O2. The smallest absolute Gasteiger partial charge is 0.231 e. The van der Waals surface area contributed by atoms with Crippen LogP contribution in [-0.4, -0.2) is 6.79 Å². The van der Waals surface area contributed by atoms with Crippen molar-refractivity contribution in [3.8, 4) is 22.6 Å². The van der Waals surface area contributed by atoms with E-state index in [-0.39, 0.29) is 10.8 Å². The highest BCUT2D eigenvalue weighted by Crippen LogP contribution is 2.39. The van der Waals surface area contributed by atoms with Gasteiger partial charge in [0.05, 0.1) is 0 Å². The van der Waals surface area contributed by atoms with Crippen LogP contribution in [0.3, 0.4) is 0 Å². The van der Waals surface area contributed by atoms with Crippen molar-refractivity contribution in [1.29, 1.82) is 0 Å². The molecule has 0 unspecified atom stereocenters. The Balaban J connectivity index is 1.61. The largest absolute Gasteiger partial charge is 0.454 e. The quantitative estimate of drug-likeness (QED) is 0.428. The van der Waals surface area contributed by atoms with Gasteiger partial charge >= 0.3 is 0 Å². The first-order valence-electron chi connectivity index (χ1n) is 11.2. The molecule has 2 heteroatoms. The standard InChI is InChI=1S/C29H34O2/c1-20-10-11-21(25(16-20)22-8-7-9-23(17-22)28(2,3)4)14-15-29(5,6)24-12-13-26-27(18-24)31-19-30-26/h7-13,16-18H,14-15,19H2,1-6H3. The van der Waals surface area contributed by atoms with Gasteiger partial charge < -0.3 is 9.47 Å². The minimum Gasteiger partial charge on any atom is -0.454 e. The molecule has 162 valence electrons. The zero-order valence-electron chi connectivity index (χ0n) is 19.7. The van der Waals surface area contributed by atoms with Gasteiger partial charge in [0.25, 0.3) is 0 Å². The maximum atomic E-state index is 5.60. The maximum absolute atomic E-state index is 5.60. The Bertz CT molecular complexity index is 1090. The maximum Gasteiger partial charge on any atom is 0.231 e. The van der Waals surface area contributed by atoms with Crippen molar-refractivity contribution >= 4 is 0 Å². The Morgan fingerprint density at radius 2 is 1.55 bits per heavy atom. The highest BCUT2D eigenvalue weighted by Gasteiger charge is 2.24. The average Bonchev–Trinajstić information content (AvgIpc) is 3.20. The van der Waals surface area contributed by atoms with Crippen molar-refractivity contribution in [2.24, 2.45) is 0 Å². The third-order valence-corrected chi connectivity index (χ3v) is 6.48. The third kappa shape index (κ3) is 4.63. The van der Waals surface area contributed by atoms with E-state index in [1.807, 2.05) is 6.07 Å². The van der Waals surface area contributed by atoms with Gasteiger partial charge in [0, 0.05) is 0 Å². The fourth-order valence-electron chi connectivity index (χ4n) is 4.24. The van der Waals surface area contributed by atoms with Crippen LogP contribution >= 0.6 is 0 Å². The summed E-state index contributed by atoms with van der Waals surface area (Å²) in [5.74, 6) is 1.71. The second kappa shape index (κ2) is 8.07. The molecule has 4 rings (SSSR count). The van der Waals surface area contributed by atoms with Crippen LogP contribution in [-0.2, 0) is 17.3 Å². The number of rotatable bonds is 5. The minimum atomic E-state index is 0.0381. The number of benzene rings is 3. The van der Waals surface area contributed by atoms with E-state index in [0.29, 0.717) is 6.79 Å². The van der Waals surface area contributed by atoms with Gasteiger partial charge in [-0.25, -0.2) is 0 Å². The van der Waals surface area contributed by atoms with Crippen LogP contribution in [0, 0.1) is 6.92 Å². The van der Waals surface area contributed by atoms with Crippen LogP contribution in [0.4, 0.5) is 0 Å². The molecule has 0 saturated heterocycles. The van der Waals surface area contributed by atoms with Gasteiger partial charge in [-0.15, -0.1) is 0 Å². The fraction of sp³-hybridized carbons (Fsp3) is 0.379. The molecule has 0 fully saturated rings. The highest BCUT2D eigenvalue weighted by atomic mass is 16.7. The second-order valence-electron chi connectivity index (χ2n) is 10.4. The summed E-state index contributed by atoms with van der Waals surface area (Å²) in [6.45, 7) is 14.0. The third-order valence-electron chi connectivity index (χ3n) is 6.48. The molecule has 3 aromatic carbocycles. The summed E-state index contributed by atoms with van der Waals surface area (Å²) >= 11 is 0. The van der Waals surface area contributed by atoms with E-state index >= 15 is 0 Å². The number of fused-ring (bicyclic) bond motifs is 1. The predicted molar refractivity (Wildman–Crippen MR) is 129 cm³/mol. The molecule has 0 saturated carbocycles. The Labute approximate surface area is 187 Å². The van der Waals surface area contributed by atoms with Gasteiger partial charge in [0.1, 0.15) is 0 Å². The van der Waals surface area contributed by atoms with Gasteiger partial charge in [-0.1, -0.05) is 88.7 Å². The summed E-state index contributed by atoms with van der Waals surface area (Å²) in [7, 11) is 0. The molecule has 0 spiro atoms. The second-order valence-corrected chi connectivity index (χ2v) is 10.4. The van der Waals surface area contributed by atoms with Gasteiger partial charge in [0.15, 0.2) is 11.5 Å². The van der Waals surface area contributed by atoms with Crippen LogP contribution in [0.1, 0.15) is 63.3 Å². The molecule has 3 aromatic rings. The van der Waals surface area contributed by atoms with E-state index in [0.717, 1.165) is 24.3 Å². The summed E-state index contributed by atoms with van der Waals surface area (Å²) in [5, 5.41) is 0. The van der Waals surface area contributed by atoms with Gasteiger partial charge in [-0.2, -0.15) is 0 Å². The van der Waals surface area contributed by atoms with E-state index in [4.69, 9.17) is 9.47 Å². The lowest BCUT2D eigenvalue weighted by atomic mass is 9.78. The molecule has 1 heterocycles. The van der Waals surface area contributed by atoms with Crippen molar-refractivity contribution in [2.45, 2.75) is 65.2 Å². The Kier molecular flexibility index (Phi) is 5.60. The zero-order valence-corrected chi connectivity index (χ0v) is 19.7. The fourth-order valence-corrected chi connectivity index (χ4v) is 4.24. The summed E-state index contributed by atoms with van der Waals surface area (Å²) in [6, 6.07) is 22.3. The molecule has 0 radical (unpaired) electrons. The molecule has 0 aliphatic carbocycles. The Morgan fingerprint density at radius 3 is 2.32 bits per heavy atom. The number of ether oxygens (including phenoxy) is 2. The van der Waals surface area contributed by atoms with E-state index in [1.165, 1.54) is 33.4 Å². The lowest BCUT2D eigenvalue weighted by Crippen LogP contribution is -2.18. The molecule has 1 aliphatic rings. The van der Waals surface area contributed by atoms with Gasteiger partial charge in [0.2, 0.25) is 6.79 Å². The number of aryl methyl sites for hydroxylation is 2. The molecule has 0 N–H and O–H groups in total. The number of hydrogen-bond acceptors (Lipinski definition) is 2. The predicted octanol–water partition coefficient (Wildman–Crippen LogP) is 7.60. The van der Waals surface area contributed by atoms with E-state index in [1.54, 1.807) is 0 Å². The molecule has 2 nitrogen and oxygen atoms in total. The SMILES string of the molecule is Cc1ccc(CCC(C)(C)c2ccc3c(c2)OCO3)c(-c2cccc(C(C)(C)C)c2)c1. The summed E-state index contributed by atoms with van der Waals surface area (Å²) in [5.41, 5.74) is 8.22. The molecule has 0 bridgehead atoms. The lowest BCUT2D eigenvalue weighted by molar-refractivity contribution is 0.174. The first kappa shape index (κ1) is 21.5. The topological polar surface area (TPSA) is 18.5 Å². The molecule has 0 atom stereocenters. The van der Waals surface area contributed by atoms with Crippen molar-refractivity contribution in [1.82, 2.24) is 0 Å². The van der Waals surface area contributed by atoms with E-state index in [9.17, 15) is 0 Å². The molecule has 0 amide bonds. The summed E-state index contributed by atoms with van der Waals surface area (Å²) in [4.78, 5) is 0. The molecule has 0 aromatic heterocycles. The monoisotopic (exact) mass is 414 g/mol. The van der Waals surface area contributed by atoms with Crippen molar-refractivity contribution < 1.29 is 9.47 Å². The van der Waals surface area contributed by atoms with Crippen LogP contribution in [0.25, 0.3) is 11.1 Å².